The lowest BCUT2D eigenvalue weighted by Gasteiger charge is -2.02. The molecule has 0 aliphatic rings. The Labute approximate surface area is 96.8 Å². The molecule has 16 heavy (non-hydrogen) atoms. The van der Waals surface area contributed by atoms with E-state index in [9.17, 15) is 4.79 Å². The Kier molecular flexibility index (Phi) is 6.38. The van der Waals surface area contributed by atoms with Crippen molar-refractivity contribution in [3.8, 4) is 0 Å². The van der Waals surface area contributed by atoms with Crippen LogP contribution >= 0.6 is 0 Å². The number of carbonyl (C=O) groups is 1. The van der Waals surface area contributed by atoms with Crippen LogP contribution in [0.4, 0.5) is 0 Å². The van der Waals surface area contributed by atoms with Crippen LogP contribution in [-0.2, 0) is 4.74 Å². The molecule has 0 saturated carbocycles. The van der Waals surface area contributed by atoms with E-state index in [0.717, 1.165) is 12.8 Å². The quantitative estimate of drug-likeness (QED) is 0.498. The van der Waals surface area contributed by atoms with E-state index < -0.39 is 0 Å². The molecule has 0 radical (unpaired) electrons. The Morgan fingerprint density at radius 3 is 2.69 bits per heavy atom. The Morgan fingerprint density at radius 1 is 1.25 bits per heavy atom. The van der Waals surface area contributed by atoms with Gasteiger partial charge in [0.1, 0.15) is 0 Å². The zero-order valence-corrected chi connectivity index (χ0v) is 9.91. The molecule has 0 unspecified atom stereocenters. The first-order valence-corrected chi connectivity index (χ1v) is 6.05. The van der Waals surface area contributed by atoms with Gasteiger partial charge in [0.15, 0.2) is 0 Å². The number of hydrogen-bond acceptors (Lipinski definition) is 3. The highest BCUT2D eigenvalue weighted by Crippen LogP contribution is 2.06. The fraction of sp³-hybridized carbons (Fsp3) is 0.615. The molecule has 0 N–H and O–H groups in total. The van der Waals surface area contributed by atoms with Crippen molar-refractivity contribution in [2.45, 2.75) is 45.4 Å². The number of ether oxygens (including phenoxy) is 1. The van der Waals surface area contributed by atoms with Crippen LogP contribution in [0.1, 0.15) is 56.0 Å². The van der Waals surface area contributed by atoms with E-state index in [1.54, 1.807) is 12.1 Å². The summed E-state index contributed by atoms with van der Waals surface area (Å²) < 4.78 is 9.99. The summed E-state index contributed by atoms with van der Waals surface area (Å²) in [6.45, 7) is 2.69. The van der Waals surface area contributed by atoms with Gasteiger partial charge in [-0.1, -0.05) is 39.0 Å². The molecule has 0 spiro atoms. The molecule has 0 saturated heterocycles. The van der Waals surface area contributed by atoms with E-state index in [2.05, 4.69) is 6.92 Å². The predicted octanol–water partition coefficient (Wildman–Crippen LogP) is 3.80. The third kappa shape index (κ3) is 5.01. The molecule has 1 heterocycles. The maximum atomic E-state index is 11.3. The average Bonchev–Trinajstić information content (AvgIpc) is 2.81. The predicted molar refractivity (Wildman–Crippen MR) is 62.4 cm³/mol. The Bertz CT molecular complexity index is 277. The molecule has 3 nitrogen and oxygen atoms in total. The normalized spacial score (nSPS) is 10.3. The molecule has 0 aliphatic heterocycles. The molecule has 1 aromatic rings. The van der Waals surface area contributed by atoms with E-state index in [1.165, 1.54) is 31.9 Å². The van der Waals surface area contributed by atoms with Crippen LogP contribution < -0.4 is 0 Å². The molecule has 0 aliphatic carbocycles. The summed E-state index contributed by atoms with van der Waals surface area (Å²) >= 11 is 0. The summed E-state index contributed by atoms with van der Waals surface area (Å²) in [5.41, 5.74) is 0. The molecule has 0 amide bonds. The summed E-state index contributed by atoms with van der Waals surface area (Å²) in [6.07, 6.45) is 8.61. The number of esters is 1. The van der Waals surface area contributed by atoms with Crippen molar-refractivity contribution in [3.63, 3.8) is 0 Å². The van der Waals surface area contributed by atoms with Crippen molar-refractivity contribution in [1.29, 1.82) is 0 Å². The Balaban J connectivity index is 1.97. The van der Waals surface area contributed by atoms with Crippen molar-refractivity contribution in [2.24, 2.45) is 0 Å². The second-order valence-electron chi connectivity index (χ2n) is 3.88. The van der Waals surface area contributed by atoms with Crippen molar-refractivity contribution in [2.75, 3.05) is 6.61 Å². The van der Waals surface area contributed by atoms with Crippen molar-refractivity contribution in [3.05, 3.63) is 24.2 Å². The van der Waals surface area contributed by atoms with Crippen LogP contribution in [-0.4, -0.2) is 12.6 Å². The SMILES string of the molecule is CCCCCCCCOC(=O)c1ccco1. The monoisotopic (exact) mass is 224 g/mol. The summed E-state index contributed by atoms with van der Waals surface area (Å²) in [4.78, 5) is 11.3. The third-order valence-corrected chi connectivity index (χ3v) is 2.45. The van der Waals surface area contributed by atoms with Crippen LogP contribution in [0.5, 0.6) is 0 Å². The van der Waals surface area contributed by atoms with Gasteiger partial charge < -0.3 is 9.15 Å². The van der Waals surface area contributed by atoms with Crippen molar-refractivity contribution in [1.82, 2.24) is 0 Å². The van der Waals surface area contributed by atoms with Crippen LogP contribution in [0, 0.1) is 0 Å². The molecule has 3 heteroatoms. The molecule has 1 rings (SSSR count). The topological polar surface area (TPSA) is 39.4 Å². The van der Waals surface area contributed by atoms with Crippen molar-refractivity contribution >= 4 is 5.97 Å². The van der Waals surface area contributed by atoms with E-state index >= 15 is 0 Å². The number of rotatable bonds is 8. The van der Waals surface area contributed by atoms with E-state index in [0.29, 0.717) is 6.61 Å². The van der Waals surface area contributed by atoms with Gasteiger partial charge in [-0.05, 0) is 18.6 Å². The molecule has 0 atom stereocenters. The highest BCUT2D eigenvalue weighted by Gasteiger charge is 2.08. The highest BCUT2D eigenvalue weighted by atomic mass is 16.5. The van der Waals surface area contributed by atoms with Crippen LogP contribution in [0.25, 0.3) is 0 Å². The molecular formula is C13H20O3. The first kappa shape index (κ1) is 12.8. The second-order valence-corrected chi connectivity index (χ2v) is 3.88. The number of unbranched alkanes of at least 4 members (excludes halogenated alkanes) is 5. The molecule has 0 aromatic carbocycles. The molecular weight excluding hydrogens is 204 g/mol. The molecule has 90 valence electrons. The lowest BCUT2D eigenvalue weighted by molar-refractivity contribution is 0.0461. The van der Waals surface area contributed by atoms with E-state index in [-0.39, 0.29) is 11.7 Å². The first-order valence-electron chi connectivity index (χ1n) is 6.05. The summed E-state index contributed by atoms with van der Waals surface area (Å²) in [7, 11) is 0. The Morgan fingerprint density at radius 2 is 2.00 bits per heavy atom. The third-order valence-electron chi connectivity index (χ3n) is 2.45. The van der Waals surface area contributed by atoms with Crippen LogP contribution in [0.2, 0.25) is 0 Å². The van der Waals surface area contributed by atoms with Gasteiger partial charge in [0, 0.05) is 0 Å². The number of hydrogen-bond donors (Lipinski definition) is 0. The smallest absolute Gasteiger partial charge is 0.374 e. The van der Waals surface area contributed by atoms with Gasteiger partial charge >= 0.3 is 5.97 Å². The van der Waals surface area contributed by atoms with E-state index in [4.69, 9.17) is 9.15 Å². The number of carbonyl (C=O) groups excluding carboxylic acids is 1. The highest BCUT2D eigenvalue weighted by molar-refractivity contribution is 5.86. The fourth-order valence-electron chi connectivity index (χ4n) is 1.51. The lowest BCUT2D eigenvalue weighted by Crippen LogP contribution is -2.05. The van der Waals surface area contributed by atoms with Gasteiger partial charge in [0.2, 0.25) is 5.76 Å². The van der Waals surface area contributed by atoms with E-state index in [1.807, 2.05) is 0 Å². The van der Waals surface area contributed by atoms with Crippen LogP contribution in [0.15, 0.2) is 22.8 Å². The summed E-state index contributed by atoms with van der Waals surface area (Å²) in [5, 5.41) is 0. The molecule has 0 fully saturated rings. The van der Waals surface area contributed by atoms with Gasteiger partial charge in [-0.25, -0.2) is 4.79 Å². The van der Waals surface area contributed by atoms with Gasteiger partial charge in [-0.3, -0.25) is 0 Å². The zero-order valence-electron chi connectivity index (χ0n) is 9.91. The van der Waals surface area contributed by atoms with Gasteiger partial charge in [0.25, 0.3) is 0 Å². The second kappa shape index (κ2) is 7.97. The largest absolute Gasteiger partial charge is 0.460 e. The summed E-state index contributed by atoms with van der Waals surface area (Å²) in [5.74, 6) is -0.0791. The average molecular weight is 224 g/mol. The number of furan rings is 1. The zero-order chi connectivity index (χ0) is 11.6. The van der Waals surface area contributed by atoms with Gasteiger partial charge in [-0.2, -0.15) is 0 Å². The van der Waals surface area contributed by atoms with Crippen LogP contribution in [0.3, 0.4) is 0 Å². The minimum atomic E-state index is -0.362. The van der Waals surface area contributed by atoms with Crippen molar-refractivity contribution < 1.29 is 13.9 Å². The Hall–Kier alpha value is -1.25. The standard InChI is InChI=1S/C13H20O3/c1-2-3-4-5-6-7-10-16-13(14)12-9-8-11-15-12/h8-9,11H,2-7,10H2,1H3. The maximum Gasteiger partial charge on any atom is 0.374 e. The maximum absolute atomic E-state index is 11.3. The minimum Gasteiger partial charge on any atom is -0.460 e. The first-order chi connectivity index (χ1) is 7.84. The minimum absolute atomic E-state index is 0.283. The molecule has 1 aromatic heterocycles. The lowest BCUT2D eigenvalue weighted by atomic mass is 10.1. The van der Waals surface area contributed by atoms with Gasteiger partial charge in [-0.15, -0.1) is 0 Å². The fourth-order valence-corrected chi connectivity index (χ4v) is 1.51. The molecule has 0 bridgehead atoms. The summed E-state index contributed by atoms with van der Waals surface area (Å²) in [6, 6.07) is 3.30. The van der Waals surface area contributed by atoms with Gasteiger partial charge in [0.05, 0.1) is 12.9 Å².